The standard InChI is InChI=1S/C8H13NO3/c1-2-6-12-8(11)5-3-4-7(9)10/h2H,1,3-6H2,(H2,9,10). The number of esters is 1. The number of hydrogen-bond donors (Lipinski definition) is 1. The topological polar surface area (TPSA) is 69.4 Å². The monoisotopic (exact) mass is 171 g/mol. The van der Waals surface area contributed by atoms with Gasteiger partial charge in [0.15, 0.2) is 0 Å². The Morgan fingerprint density at radius 2 is 2.08 bits per heavy atom. The molecule has 0 fully saturated rings. The minimum Gasteiger partial charge on any atom is -0.461 e. The van der Waals surface area contributed by atoms with Crippen molar-refractivity contribution in [2.75, 3.05) is 6.61 Å². The molecule has 68 valence electrons. The number of nitrogens with two attached hydrogens (primary N) is 1. The number of ether oxygens (including phenoxy) is 1. The number of rotatable bonds is 6. The Bertz CT molecular complexity index is 177. The summed E-state index contributed by atoms with van der Waals surface area (Å²) in [5.74, 6) is -0.720. The van der Waals surface area contributed by atoms with E-state index in [2.05, 4.69) is 11.3 Å². The maximum Gasteiger partial charge on any atom is 0.306 e. The van der Waals surface area contributed by atoms with Gasteiger partial charge in [-0.05, 0) is 6.42 Å². The van der Waals surface area contributed by atoms with Crippen LogP contribution < -0.4 is 5.73 Å². The zero-order valence-corrected chi connectivity index (χ0v) is 6.91. The van der Waals surface area contributed by atoms with Gasteiger partial charge in [-0.3, -0.25) is 9.59 Å². The summed E-state index contributed by atoms with van der Waals surface area (Å²) >= 11 is 0. The summed E-state index contributed by atoms with van der Waals surface area (Å²) in [6.45, 7) is 3.61. The van der Waals surface area contributed by atoms with E-state index in [1.807, 2.05) is 0 Å². The lowest BCUT2D eigenvalue weighted by Crippen LogP contribution is -2.11. The van der Waals surface area contributed by atoms with Crippen molar-refractivity contribution in [3.63, 3.8) is 0 Å². The van der Waals surface area contributed by atoms with Crippen molar-refractivity contribution in [3.05, 3.63) is 12.7 Å². The van der Waals surface area contributed by atoms with Crippen LogP contribution in [0.5, 0.6) is 0 Å². The molecule has 0 bridgehead atoms. The number of amides is 1. The van der Waals surface area contributed by atoms with Crippen LogP contribution in [-0.4, -0.2) is 18.5 Å². The maximum absolute atomic E-state index is 10.8. The summed E-state index contributed by atoms with van der Waals surface area (Å²) in [5, 5.41) is 0. The summed E-state index contributed by atoms with van der Waals surface area (Å²) in [6, 6.07) is 0. The van der Waals surface area contributed by atoms with E-state index < -0.39 is 5.91 Å². The van der Waals surface area contributed by atoms with Gasteiger partial charge in [0, 0.05) is 12.8 Å². The maximum atomic E-state index is 10.8. The number of carbonyl (C=O) groups is 2. The molecule has 0 aliphatic heterocycles. The van der Waals surface area contributed by atoms with Crippen LogP contribution in [0.4, 0.5) is 0 Å². The van der Waals surface area contributed by atoms with E-state index in [9.17, 15) is 9.59 Å². The quantitative estimate of drug-likeness (QED) is 0.463. The lowest BCUT2D eigenvalue weighted by atomic mass is 10.2. The van der Waals surface area contributed by atoms with Gasteiger partial charge in [0.2, 0.25) is 5.91 Å². The molecule has 0 unspecified atom stereocenters. The third-order valence-corrected chi connectivity index (χ3v) is 1.17. The van der Waals surface area contributed by atoms with Crippen molar-refractivity contribution >= 4 is 11.9 Å². The minimum absolute atomic E-state index is 0.218. The van der Waals surface area contributed by atoms with Crippen molar-refractivity contribution < 1.29 is 14.3 Å². The molecule has 4 nitrogen and oxygen atoms in total. The molecular weight excluding hydrogens is 158 g/mol. The fourth-order valence-electron chi connectivity index (χ4n) is 0.631. The van der Waals surface area contributed by atoms with Crippen LogP contribution in [0.25, 0.3) is 0 Å². The van der Waals surface area contributed by atoms with Crippen LogP contribution in [0.1, 0.15) is 19.3 Å². The molecule has 12 heavy (non-hydrogen) atoms. The van der Waals surface area contributed by atoms with E-state index in [4.69, 9.17) is 5.73 Å². The lowest BCUT2D eigenvalue weighted by molar-refractivity contribution is -0.142. The highest BCUT2D eigenvalue weighted by molar-refractivity contribution is 5.75. The molecular formula is C8H13NO3. The fourth-order valence-corrected chi connectivity index (χ4v) is 0.631. The first-order valence-electron chi connectivity index (χ1n) is 3.71. The van der Waals surface area contributed by atoms with Crippen molar-refractivity contribution in [1.29, 1.82) is 0 Å². The van der Waals surface area contributed by atoms with Crippen LogP contribution in [-0.2, 0) is 14.3 Å². The molecule has 4 heteroatoms. The second-order valence-electron chi connectivity index (χ2n) is 2.29. The van der Waals surface area contributed by atoms with Crippen LogP contribution >= 0.6 is 0 Å². The van der Waals surface area contributed by atoms with Crippen LogP contribution in [0, 0.1) is 0 Å². The molecule has 0 atom stereocenters. The number of hydrogen-bond acceptors (Lipinski definition) is 3. The Morgan fingerprint density at radius 1 is 1.42 bits per heavy atom. The smallest absolute Gasteiger partial charge is 0.306 e. The molecule has 2 N–H and O–H groups in total. The summed E-state index contributed by atoms with van der Waals surface area (Å²) in [5.41, 5.74) is 4.87. The normalized spacial score (nSPS) is 9.00. The Kier molecular flexibility index (Phi) is 5.69. The van der Waals surface area contributed by atoms with Crippen LogP contribution in [0.3, 0.4) is 0 Å². The molecule has 1 amide bonds. The third-order valence-electron chi connectivity index (χ3n) is 1.17. The molecule has 0 rings (SSSR count). The van der Waals surface area contributed by atoms with E-state index in [0.29, 0.717) is 6.42 Å². The molecule has 0 aromatic carbocycles. The largest absolute Gasteiger partial charge is 0.461 e. The predicted molar refractivity (Wildman–Crippen MR) is 44.2 cm³/mol. The first kappa shape index (κ1) is 10.7. The second-order valence-corrected chi connectivity index (χ2v) is 2.29. The molecule has 0 aliphatic carbocycles. The first-order valence-corrected chi connectivity index (χ1v) is 3.71. The summed E-state index contributed by atoms with van der Waals surface area (Å²) < 4.78 is 4.66. The van der Waals surface area contributed by atoms with Gasteiger partial charge >= 0.3 is 5.97 Å². The predicted octanol–water partition coefficient (Wildman–Crippen LogP) is 0.371. The molecule has 0 aromatic rings. The Hall–Kier alpha value is -1.32. The van der Waals surface area contributed by atoms with Crippen molar-refractivity contribution in [2.45, 2.75) is 19.3 Å². The molecule has 0 saturated heterocycles. The highest BCUT2D eigenvalue weighted by Gasteiger charge is 2.02. The second kappa shape index (κ2) is 6.39. The summed E-state index contributed by atoms with van der Waals surface area (Å²) in [6.07, 6.45) is 2.40. The van der Waals surface area contributed by atoms with E-state index >= 15 is 0 Å². The van der Waals surface area contributed by atoms with Gasteiger partial charge in [0.05, 0.1) is 0 Å². The number of carbonyl (C=O) groups excluding carboxylic acids is 2. The minimum atomic E-state index is -0.397. The zero-order chi connectivity index (χ0) is 9.40. The SMILES string of the molecule is C=CCOC(=O)CCCC(N)=O. The first-order chi connectivity index (χ1) is 5.66. The Labute approximate surface area is 71.4 Å². The van der Waals surface area contributed by atoms with E-state index in [1.165, 1.54) is 6.08 Å². The molecule has 0 spiro atoms. The van der Waals surface area contributed by atoms with Gasteiger partial charge in [-0.15, -0.1) is 0 Å². The summed E-state index contributed by atoms with van der Waals surface area (Å²) in [7, 11) is 0. The zero-order valence-electron chi connectivity index (χ0n) is 6.91. The van der Waals surface area contributed by atoms with Crippen molar-refractivity contribution in [1.82, 2.24) is 0 Å². The van der Waals surface area contributed by atoms with Crippen LogP contribution in [0.15, 0.2) is 12.7 Å². The van der Waals surface area contributed by atoms with E-state index in [1.54, 1.807) is 0 Å². The van der Waals surface area contributed by atoms with Gasteiger partial charge in [0.1, 0.15) is 6.61 Å². The molecule has 0 aliphatic rings. The fraction of sp³-hybridized carbons (Fsp3) is 0.500. The van der Waals surface area contributed by atoms with Crippen LogP contribution in [0.2, 0.25) is 0 Å². The van der Waals surface area contributed by atoms with Gasteiger partial charge in [-0.25, -0.2) is 0 Å². The third kappa shape index (κ3) is 6.80. The van der Waals surface area contributed by atoms with Crippen molar-refractivity contribution in [3.8, 4) is 0 Å². The Morgan fingerprint density at radius 3 is 2.58 bits per heavy atom. The van der Waals surface area contributed by atoms with Gasteiger partial charge in [-0.2, -0.15) is 0 Å². The van der Waals surface area contributed by atoms with E-state index in [-0.39, 0.29) is 25.4 Å². The van der Waals surface area contributed by atoms with Crippen molar-refractivity contribution in [2.24, 2.45) is 5.73 Å². The molecule has 0 radical (unpaired) electrons. The Balaban J connectivity index is 3.31. The highest BCUT2D eigenvalue weighted by Crippen LogP contribution is 1.96. The average Bonchev–Trinajstić information content (AvgIpc) is 2.00. The number of primary amides is 1. The van der Waals surface area contributed by atoms with Gasteiger partial charge < -0.3 is 10.5 Å². The van der Waals surface area contributed by atoms with Gasteiger partial charge in [-0.1, -0.05) is 12.7 Å². The lowest BCUT2D eigenvalue weighted by Gasteiger charge is -1.99. The average molecular weight is 171 g/mol. The molecule has 0 heterocycles. The molecule has 0 aromatic heterocycles. The van der Waals surface area contributed by atoms with E-state index in [0.717, 1.165) is 0 Å². The molecule has 0 saturated carbocycles. The van der Waals surface area contributed by atoms with Gasteiger partial charge in [0.25, 0.3) is 0 Å². The summed E-state index contributed by atoms with van der Waals surface area (Å²) in [4.78, 5) is 21.0. The highest BCUT2D eigenvalue weighted by atomic mass is 16.5.